The maximum absolute atomic E-state index is 12.7. The van der Waals surface area contributed by atoms with Crippen molar-refractivity contribution in [1.82, 2.24) is 9.80 Å². The highest BCUT2D eigenvalue weighted by atomic mass is 32.2. The Balaban J connectivity index is 1.29. The first-order chi connectivity index (χ1) is 13.6. The van der Waals surface area contributed by atoms with Crippen LogP contribution in [0.2, 0.25) is 0 Å². The normalized spacial score (nSPS) is 19.8. The smallest absolute Gasteiger partial charge is 0.238 e. The standard InChI is InChI=1S/C22H25N3O2S/c1-16-5-4-6-17(13-16)15-24-9-11-25(12-10-24)21(26)14-20-22(27)23-18-7-2-3-8-19(18)28-20/h2-8,13,20H,9-12,14-15H2,1H3,(H,23,27). The number of thioether (sulfide) groups is 1. The lowest BCUT2D eigenvalue weighted by atomic mass is 10.1. The van der Waals surface area contributed by atoms with Crippen molar-refractivity contribution in [3.8, 4) is 0 Å². The van der Waals surface area contributed by atoms with E-state index in [4.69, 9.17) is 0 Å². The number of amides is 2. The van der Waals surface area contributed by atoms with E-state index >= 15 is 0 Å². The first-order valence-corrected chi connectivity index (χ1v) is 10.6. The number of rotatable bonds is 4. The number of nitrogens with zero attached hydrogens (tertiary/aromatic N) is 2. The quantitative estimate of drug-likeness (QED) is 0.864. The third kappa shape index (κ3) is 4.39. The van der Waals surface area contributed by atoms with Crippen molar-refractivity contribution >= 4 is 29.3 Å². The van der Waals surface area contributed by atoms with Crippen LogP contribution in [0.1, 0.15) is 17.5 Å². The first kappa shape index (κ1) is 19.0. The van der Waals surface area contributed by atoms with Crippen LogP contribution in [0.25, 0.3) is 0 Å². The predicted octanol–water partition coefficient (Wildman–Crippen LogP) is 3.14. The van der Waals surface area contributed by atoms with Crippen LogP contribution in [-0.2, 0) is 16.1 Å². The summed E-state index contributed by atoms with van der Waals surface area (Å²) in [6, 6.07) is 16.3. The fourth-order valence-electron chi connectivity index (χ4n) is 3.74. The lowest BCUT2D eigenvalue weighted by molar-refractivity contribution is -0.134. The fraction of sp³-hybridized carbons (Fsp3) is 0.364. The van der Waals surface area contributed by atoms with Crippen molar-refractivity contribution in [2.45, 2.75) is 30.0 Å². The number of carbonyl (C=O) groups excluding carboxylic acids is 2. The van der Waals surface area contributed by atoms with Gasteiger partial charge in [0.2, 0.25) is 11.8 Å². The van der Waals surface area contributed by atoms with Crippen molar-refractivity contribution in [1.29, 1.82) is 0 Å². The second-order valence-electron chi connectivity index (χ2n) is 7.44. The van der Waals surface area contributed by atoms with E-state index < -0.39 is 0 Å². The van der Waals surface area contributed by atoms with Crippen LogP contribution in [0.3, 0.4) is 0 Å². The molecule has 0 radical (unpaired) electrons. The van der Waals surface area contributed by atoms with E-state index in [9.17, 15) is 9.59 Å². The van der Waals surface area contributed by atoms with Crippen LogP contribution in [0.4, 0.5) is 5.69 Å². The molecule has 2 aromatic rings. The third-order valence-corrected chi connectivity index (χ3v) is 6.56. The molecule has 1 N–H and O–H groups in total. The van der Waals surface area contributed by atoms with Crippen LogP contribution >= 0.6 is 11.8 Å². The minimum atomic E-state index is -0.354. The second-order valence-corrected chi connectivity index (χ2v) is 8.69. The largest absolute Gasteiger partial charge is 0.340 e. The molecule has 146 valence electrons. The van der Waals surface area contributed by atoms with Gasteiger partial charge in [-0.05, 0) is 24.6 Å². The maximum atomic E-state index is 12.7. The third-order valence-electron chi connectivity index (χ3n) is 5.28. The number of hydrogen-bond acceptors (Lipinski definition) is 4. The van der Waals surface area contributed by atoms with Crippen molar-refractivity contribution in [2.75, 3.05) is 31.5 Å². The van der Waals surface area contributed by atoms with Crippen LogP contribution in [0, 0.1) is 6.92 Å². The zero-order valence-electron chi connectivity index (χ0n) is 16.1. The van der Waals surface area contributed by atoms with Gasteiger partial charge in [-0.2, -0.15) is 0 Å². The number of benzene rings is 2. The van der Waals surface area contributed by atoms with E-state index in [2.05, 4.69) is 41.4 Å². The van der Waals surface area contributed by atoms with Crippen molar-refractivity contribution in [3.05, 3.63) is 59.7 Å². The Morgan fingerprint density at radius 3 is 2.68 bits per heavy atom. The number of fused-ring (bicyclic) bond motifs is 1. The summed E-state index contributed by atoms with van der Waals surface area (Å²) in [5.74, 6) is -0.00244. The summed E-state index contributed by atoms with van der Waals surface area (Å²) >= 11 is 1.49. The number of nitrogens with one attached hydrogen (secondary N) is 1. The SMILES string of the molecule is Cc1cccc(CN2CCN(C(=O)CC3Sc4ccccc4NC3=O)CC2)c1. The molecule has 5 nitrogen and oxygen atoms in total. The van der Waals surface area contributed by atoms with Gasteiger partial charge in [-0.25, -0.2) is 0 Å². The Hall–Kier alpha value is -2.31. The molecular weight excluding hydrogens is 370 g/mol. The zero-order chi connectivity index (χ0) is 19.5. The van der Waals surface area contributed by atoms with Gasteiger partial charge >= 0.3 is 0 Å². The molecule has 1 saturated heterocycles. The fourth-order valence-corrected chi connectivity index (χ4v) is 4.84. The highest BCUT2D eigenvalue weighted by molar-refractivity contribution is 8.01. The van der Waals surface area contributed by atoms with Crippen LogP contribution in [0.15, 0.2) is 53.4 Å². The summed E-state index contributed by atoms with van der Waals surface area (Å²) in [6.45, 7) is 6.21. The van der Waals surface area contributed by atoms with E-state index in [1.807, 2.05) is 29.2 Å². The summed E-state index contributed by atoms with van der Waals surface area (Å²) in [5, 5.41) is 2.56. The van der Waals surface area contributed by atoms with Crippen molar-refractivity contribution in [2.24, 2.45) is 0 Å². The molecule has 0 saturated carbocycles. The number of piperazine rings is 1. The van der Waals surface area contributed by atoms with Crippen LogP contribution < -0.4 is 5.32 Å². The minimum Gasteiger partial charge on any atom is -0.340 e. The highest BCUT2D eigenvalue weighted by Crippen LogP contribution is 2.36. The van der Waals surface area contributed by atoms with Crippen molar-refractivity contribution in [3.63, 3.8) is 0 Å². The average molecular weight is 396 g/mol. The topological polar surface area (TPSA) is 52.6 Å². The summed E-state index contributed by atoms with van der Waals surface area (Å²) in [5.41, 5.74) is 3.43. The molecule has 0 aromatic heterocycles. The van der Waals surface area contributed by atoms with E-state index in [1.165, 1.54) is 22.9 Å². The van der Waals surface area contributed by atoms with Crippen LogP contribution in [0.5, 0.6) is 0 Å². The molecule has 2 aromatic carbocycles. The number of aryl methyl sites for hydroxylation is 1. The van der Waals surface area contributed by atoms with Gasteiger partial charge in [-0.3, -0.25) is 14.5 Å². The zero-order valence-corrected chi connectivity index (χ0v) is 16.9. The molecular formula is C22H25N3O2S. The van der Waals surface area contributed by atoms with Gasteiger partial charge in [0.15, 0.2) is 0 Å². The van der Waals surface area contributed by atoms with Crippen LogP contribution in [-0.4, -0.2) is 53.0 Å². The summed E-state index contributed by atoms with van der Waals surface area (Å²) in [6.07, 6.45) is 0.253. The summed E-state index contributed by atoms with van der Waals surface area (Å²) in [4.78, 5) is 30.4. The monoisotopic (exact) mass is 395 g/mol. The Morgan fingerprint density at radius 1 is 1.11 bits per heavy atom. The second kappa shape index (κ2) is 8.37. The maximum Gasteiger partial charge on any atom is 0.238 e. The van der Waals surface area contributed by atoms with Gasteiger partial charge in [0, 0.05) is 44.0 Å². The molecule has 0 aliphatic carbocycles. The lowest BCUT2D eigenvalue weighted by Crippen LogP contribution is -2.49. The Labute approximate surface area is 170 Å². The molecule has 0 bridgehead atoms. The Kier molecular flexibility index (Phi) is 5.69. The van der Waals surface area contributed by atoms with E-state index in [1.54, 1.807) is 0 Å². The van der Waals surface area contributed by atoms with E-state index in [-0.39, 0.29) is 23.5 Å². The lowest BCUT2D eigenvalue weighted by Gasteiger charge is -2.35. The van der Waals surface area contributed by atoms with Gasteiger partial charge in [0.05, 0.1) is 10.9 Å². The number of carbonyl (C=O) groups is 2. The van der Waals surface area contributed by atoms with E-state index in [0.717, 1.165) is 43.3 Å². The Morgan fingerprint density at radius 2 is 1.89 bits per heavy atom. The molecule has 0 spiro atoms. The van der Waals surface area contributed by atoms with Crippen molar-refractivity contribution < 1.29 is 9.59 Å². The molecule has 28 heavy (non-hydrogen) atoms. The van der Waals surface area contributed by atoms with Gasteiger partial charge < -0.3 is 10.2 Å². The highest BCUT2D eigenvalue weighted by Gasteiger charge is 2.31. The summed E-state index contributed by atoms with van der Waals surface area (Å²) in [7, 11) is 0. The molecule has 1 unspecified atom stereocenters. The van der Waals surface area contributed by atoms with E-state index in [0.29, 0.717) is 0 Å². The molecule has 1 fully saturated rings. The molecule has 2 heterocycles. The van der Waals surface area contributed by atoms with Gasteiger partial charge in [-0.1, -0.05) is 42.0 Å². The Bertz CT molecular complexity index is 878. The van der Waals surface area contributed by atoms with Gasteiger partial charge in [0.1, 0.15) is 0 Å². The van der Waals surface area contributed by atoms with Gasteiger partial charge in [-0.15, -0.1) is 11.8 Å². The predicted molar refractivity (Wildman–Crippen MR) is 112 cm³/mol. The summed E-state index contributed by atoms with van der Waals surface area (Å²) < 4.78 is 0. The number of hydrogen-bond donors (Lipinski definition) is 1. The minimum absolute atomic E-state index is 0.0715. The molecule has 6 heteroatoms. The first-order valence-electron chi connectivity index (χ1n) is 9.71. The molecule has 2 aliphatic rings. The molecule has 1 atom stereocenters. The molecule has 2 aliphatic heterocycles. The molecule has 2 amide bonds. The molecule has 4 rings (SSSR count). The van der Waals surface area contributed by atoms with Gasteiger partial charge in [0.25, 0.3) is 0 Å². The average Bonchev–Trinajstić information content (AvgIpc) is 2.69. The number of anilines is 1. The number of para-hydroxylation sites is 1.